The molecule has 0 N–H and O–H groups in total. The number of fused-ring (bicyclic) bond motifs is 1. The van der Waals surface area contributed by atoms with Crippen LogP contribution in [-0.2, 0) is 6.18 Å². The van der Waals surface area contributed by atoms with Crippen LogP contribution < -0.4 is 0 Å². The van der Waals surface area contributed by atoms with Gasteiger partial charge in [-0.05, 0) is 13.8 Å². The summed E-state index contributed by atoms with van der Waals surface area (Å²) >= 11 is 0. The highest BCUT2D eigenvalue weighted by Gasteiger charge is 2.38. The second-order valence-corrected chi connectivity index (χ2v) is 3.39. The Morgan fingerprint density at radius 1 is 1.19 bits per heavy atom. The first-order valence-electron chi connectivity index (χ1n) is 4.40. The third-order valence-corrected chi connectivity index (χ3v) is 2.12. The van der Waals surface area contributed by atoms with Gasteiger partial charge in [-0.1, -0.05) is 0 Å². The quantitative estimate of drug-likeness (QED) is 0.654. The van der Waals surface area contributed by atoms with Gasteiger partial charge in [-0.3, -0.25) is 4.40 Å². The second-order valence-electron chi connectivity index (χ2n) is 3.39. The number of aromatic nitrogens is 3. The first-order valence-corrected chi connectivity index (χ1v) is 4.40. The van der Waals surface area contributed by atoms with Gasteiger partial charge in [0.1, 0.15) is 11.5 Å². The molecule has 2 heterocycles. The molecule has 86 valence electrons. The maximum Gasteiger partial charge on any atom is 0.437 e. The normalized spacial score (nSPS) is 12.4. The van der Waals surface area contributed by atoms with Crippen molar-refractivity contribution in [3.8, 4) is 0 Å². The van der Waals surface area contributed by atoms with Crippen molar-refractivity contribution in [2.75, 3.05) is 0 Å². The summed E-state index contributed by atoms with van der Waals surface area (Å²) in [5.41, 5.74) is -1.11. The first-order chi connectivity index (χ1) is 7.30. The predicted octanol–water partition coefficient (Wildman–Crippen LogP) is 2.50. The van der Waals surface area contributed by atoms with Crippen LogP contribution in [0, 0.1) is 19.8 Å². The molecule has 0 radical (unpaired) electrons. The lowest BCUT2D eigenvalue weighted by Crippen LogP contribution is -2.09. The molecule has 0 aromatic carbocycles. The van der Waals surface area contributed by atoms with E-state index in [1.165, 1.54) is 13.0 Å². The Balaban J connectivity index is 2.83. The van der Waals surface area contributed by atoms with Gasteiger partial charge in [0, 0.05) is 11.8 Å². The number of nitrogens with zero attached hydrogens (tertiary/aromatic N) is 3. The maximum absolute atomic E-state index is 13.5. The fourth-order valence-corrected chi connectivity index (χ4v) is 1.53. The van der Waals surface area contributed by atoms with Gasteiger partial charge in [0.25, 0.3) is 0 Å². The summed E-state index contributed by atoms with van der Waals surface area (Å²) in [5, 5.41) is 0. The summed E-state index contributed by atoms with van der Waals surface area (Å²) in [7, 11) is 0. The SMILES string of the molecule is Cc1cc2nc(C(F)(F)F)c(F)n2c(C)n1. The Morgan fingerprint density at radius 3 is 2.38 bits per heavy atom. The predicted molar refractivity (Wildman–Crippen MR) is 47.4 cm³/mol. The smallest absolute Gasteiger partial charge is 0.256 e. The lowest BCUT2D eigenvalue weighted by atomic mass is 10.4. The van der Waals surface area contributed by atoms with Gasteiger partial charge < -0.3 is 0 Å². The van der Waals surface area contributed by atoms with Crippen LogP contribution in [0.1, 0.15) is 17.2 Å². The zero-order chi connectivity index (χ0) is 12.1. The fourth-order valence-electron chi connectivity index (χ4n) is 1.53. The highest BCUT2D eigenvalue weighted by atomic mass is 19.4. The monoisotopic (exact) mass is 233 g/mol. The molecule has 0 aliphatic heterocycles. The second kappa shape index (κ2) is 3.16. The molecular formula is C9H7F4N3. The van der Waals surface area contributed by atoms with Crippen molar-refractivity contribution in [1.82, 2.24) is 14.4 Å². The van der Waals surface area contributed by atoms with Gasteiger partial charge in [0.2, 0.25) is 11.6 Å². The highest BCUT2D eigenvalue weighted by Crippen LogP contribution is 2.31. The largest absolute Gasteiger partial charge is 0.437 e. The van der Waals surface area contributed by atoms with E-state index in [1.54, 1.807) is 6.92 Å². The Labute approximate surface area is 87.7 Å². The standard InChI is InChI=1S/C9H7F4N3/c1-4-3-6-15-7(9(11,12)13)8(10)16(6)5(2)14-4/h3H,1-2H3. The van der Waals surface area contributed by atoms with Crippen molar-refractivity contribution in [2.45, 2.75) is 20.0 Å². The van der Waals surface area contributed by atoms with Crippen LogP contribution in [0.4, 0.5) is 17.6 Å². The first kappa shape index (κ1) is 10.8. The molecular weight excluding hydrogens is 226 g/mol. The van der Waals surface area contributed by atoms with Crippen LogP contribution in [0.3, 0.4) is 0 Å². The maximum atomic E-state index is 13.5. The van der Waals surface area contributed by atoms with E-state index in [1.807, 2.05) is 0 Å². The third kappa shape index (κ3) is 1.52. The fraction of sp³-hybridized carbons (Fsp3) is 0.333. The van der Waals surface area contributed by atoms with Crippen molar-refractivity contribution in [3.63, 3.8) is 0 Å². The van der Waals surface area contributed by atoms with E-state index >= 15 is 0 Å². The number of halogens is 4. The van der Waals surface area contributed by atoms with E-state index < -0.39 is 17.8 Å². The van der Waals surface area contributed by atoms with Crippen LogP contribution in [0.25, 0.3) is 5.65 Å². The van der Waals surface area contributed by atoms with Gasteiger partial charge in [0.05, 0.1) is 0 Å². The molecule has 16 heavy (non-hydrogen) atoms. The molecule has 0 spiro atoms. The van der Waals surface area contributed by atoms with E-state index in [0.717, 1.165) is 4.40 Å². The molecule has 2 rings (SSSR count). The molecule has 7 heteroatoms. The molecule has 3 nitrogen and oxygen atoms in total. The number of imidazole rings is 1. The molecule has 2 aromatic heterocycles. The van der Waals surface area contributed by atoms with Crippen LogP contribution in [0.5, 0.6) is 0 Å². The Kier molecular flexibility index (Phi) is 2.14. The summed E-state index contributed by atoms with van der Waals surface area (Å²) in [6.07, 6.45) is -4.80. The van der Waals surface area contributed by atoms with Gasteiger partial charge in [-0.2, -0.15) is 17.6 Å². The Morgan fingerprint density at radius 2 is 1.81 bits per heavy atom. The molecule has 0 fully saturated rings. The minimum absolute atomic E-state index is 0.0881. The summed E-state index contributed by atoms with van der Waals surface area (Å²) in [5.74, 6) is -1.29. The summed E-state index contributed by atoms with van der Waals surface area (Å²) in [6, 6.07) is 1.30. The average Bonchev–Trinajstić information content (AvgIpc) is 2.41. The minimum atomic E-state index is -4.80. The van der Waals surface area contributed by atoms with E-state index in [2.05, 4.69) is 9.97 Å². The van der Waals surface area contributed by atoms with E-state index in [4.69, 9.17) is 0 Å². The lowest BCUT2D eigenvalue weighted by molar-refractivity contribution is -0.143. The third-order valence-electron chi connectivity index (χ3n) is 2.12. The number of rotatable bonds is 0. The van der Waals surface area contributed by atoms with Gasteiger partial charge in [0.15, 0.2) is 0 Å². The average molecular weight is 233 g/mol. The van der Waals surface area contributed by atoms with Crippen molar-refractivity contribution in [3.05, 3.63) is 29.2 Å². The molecule has 0 bridgehead atoms. The molecule has 0 saturated heterocycles. The van der Waals surface area contributed by atoms with Gasteiger partial charge in [-0.25, -0.2) is 9.97 Å². The van der Waals surface area contributed by atoms with Crippen LogP contribution in [0.15, 0.2) is 6.07 Å². The lowest BCUT2D eigenvalue weighted by Gasteiger charge is -2.02. The molecule has 0 saturated carbocycles. The van der Waals surface area contributed by atoms with Crippen molar-refractivity contribution in [1.29, 1.82) is 0 Å². The number of aryl methyl sites for hydroxylation is 2. The Bertz CT molecular complexity index is 556. The van der Waals surface area contributed by atoms with Crippen LogP contribution >= 0.6 is 0 Å². The highest BCUT2D eigenvalue weighted by molar-refractivity contribution is 5.43. The van der Waals surface area contributed by atoms with Crippen LogP contribution in [-0.4, -0.2) is 14.4 Å². The molecule has 0 unspecified atom stereocenters. The van der Waals surface area contributed by atoms with Gasteiger partial charge >= 0.3 is 6.18 Å². The van der Waals surface area contributed by atoms with E-state index in [0.29, 0.717) is 5.69 Å². The minimum Gasteiger partial charge on any atom is -0.256 e. The zero-order valence-corrected chi connectivity index (χ0v) is 8.43. The summed E-state index contributed by atoms with van der Waals surface area (Å²) in [4.78, 5) is 7.10. The molecule has 0 aliphatic carbocycles. The van der Waals surface area contributed by atoms with E-state index in [-0.39, 0.29) is 11.5 Å². The molecule has 2 aromatic rings. The van der Waals surface area contributed by atoms with Crippen molar-refractivity contribution >= 4 is 5.65 Å². The topological polar surface area (TPSA) is 30.2 Å². The number of hydrogen-bond donors (Lipinski definition) is 0. The van der Waals surface area contributed by atoms with E-state index in [9.17, 15) is 17.6 Å². The molecule has 0 aliphatic rings. The number of alkyl halides is 3. The summed E-state index contributed by atoms with van der Waals surface area (Å²) in [6.45, 7) is 3.03. The summed E-state index contributed by atoms with van der Waals surface area (Å²) < 4.78 is 51.4. The Hall–Kier alpha value is -1.66. The van der Waals surface area contributed by atoms with Crippen molar-refractivity contribution in [2.24, 2.45) is 0 Å². The van der Waals surface area contributed by atoms with Gasteiger partial charge in [-0.15, -0.1) is 0 Å². The van der Waals surface area contributed by atoms with Crippen molar-refractivity contribution < 1.29 is 17.6 Å². The molecule has 0 atom stereocenters. The number of hydrogen-bond acceptors (Lipinski definition) is 2. The van der Waals surface area contributed by atoms with Crippen LogP contribution in [0.2, 0.25) is 0 Å². The zero-order valence-electron chi connectivity index (χ0n) is 8.43. The molecule has 0 amide bonds.